The third-order valence-electron chi connectivity index (χ3n) is 5.83. The summed E-state index contributed by atoms with van der Waals surface area (Å²) in [6.07, 6.45) is -5.51. The fourth-order valence-corrected chi connectivity index (χ4v) is 3.81. The van der Waals surface area contributed by atoms with Gasteiger partial charge < -0.3 is 10.5 Å². The van der Waals surface area contributed by atoms with E-state index in [1.165, 1.54) is 5.56 Å². The monoisotopic (exact) mass is 463 g/mol. The second-order valence-electron chi connectivity index (χ2n) is 9.59. The van der Waals surface area contributed by atoms with Gasteiger partial charge in [-0.3, -0.25) is 4.79 Å². The predicted molar refractivity (Wildman–Crippen MR) is 127 cm³/mol. The zero-order chi connectivity index (χ0) is 24.9. The van der Waals surface area contributed by atoms with Gasteiger partial charge in [0.25, 0.3) is 0 Å². The summed E-state index contributed by atoms with van der Waals surface area (Å²) >= 11 is 0. The number of rotatable bonds is 10. The van der Waals surface area contributed by atoms with Crippen LogP contribution in [-0.2, 0) is 0 Å². The van der Waals surface area contributed by atoms with Gasteiger partial charge in [-0.2, -0.15) is 13.2 Å². The molecule has 182 valence electrons. The molecule has 1 unspecified atom stereocenters. The van der Waals surface area contributed by atoms with Gasteiger partial charge in [-0.1, -0.05) is 65.8 Å². The Bertz CT molecular complexity index is 902. The lowest BCUT2D eigenvalue weighted by Crippen LogP contribution is -2.15. The lowest BCUT2D eigenvalue weighted by molar-refractivity contribution is -0.136. The van der Waals surface area contributed by atoms with Crippen LogP contribution in [0, 0.1) is 0 Å². The highest BCUT2D eigenvalue weighted by molar-refractivity contribution is 5.92. The standard InChI is InChI=1S/C27H36F3NO2/c1-16(2)21-14-22(17(3)4)25(23(15-21)18(5)6)33-24(8-7-13-27(28,29)30)19-9-11-20(12-10-19)26(31)32/h9-12,14-18,24H,7-8,13H2,1-6H3,(H2,31,32). The molecular weight excluding hydrogens is 427 g/mol. The fourth-order valence-electron chi connectivity index (χ4n) is 3.81. The van der Waals surface area contributed by atoms with Crippen LogP contribution in [0.25, 0.3) is 0 Å². The molecule has 2 rings (SSSR count). The summed E-state index contributed by atoms with van der Waals surface area (Å²) in [5.41, 5.74) is 9.74. The normalized spacial score (nSPS) is 13.1. The molecule has 33 heavy (non-hydrogen) atoms. The molecule has 0 radical (unpaired) electrons. The molecule has 0 saturated carbocycles. The Morgan fingerprint density at radius 2 is 1.39 bits per heavy atom. The van der Waals surface area contributed by atoms with E-state index < -0.39 is 24.6 Å². The highest BCUT2D eigenvalue weighted by Crippen LogP contribution is 2.41. The Labute approximate surface area is 195 Å². The van der Waals surface area contributed by atoms with E-state index in [0.717, 1.165) is 22.4 Å². The molecule has 2 aromatic carbocycles. The zero-order valence-electron chi connectivity index (χ0n) is 20.4. The molecule has 0 aliphatic carbocycles. The number of alkyl halides is 3. The Balaban J connectivity index is 2.52. The van der Waals surface area contributed by atoms with E-state index in [1.54, 1.807) is 24.3 Å². The lowest BCUT2D eigenvalue weighted by Gasteiger charge is -2.27. The van der Waals surface area contributed by atoms with Crippen LogP contribution in [0.1, 0.15) is 117 Å². The molecule has 1 atom stereocenters. The average molecular weight is 464 g/mol. The van der Waals surface area contributed by atoms with E-state index in [4.69, 9.17) is 10.5 Å². The summed E-state index contributed by atoms with van der Waals surface area (Å²) in [6, 6.07) is 10.9. The number of primary amides is 1. The number of amides is 1. The van der Waals surface area contributed by atoms with Crippen molar-refractivity contribution in [2.24, 2.45) is 5.73 Å². The maximum atomic E-state index is 12.8. The SMILES string of the molecule is CC(C)c1cc(C(C)C)c(OC(CCCC(F)(F)F)c2ccc(C(N)=O)cc2)c(C(C)C)c1. The van der Waals surface area contributed by atoms with Crippen LogP contribution in [0.4, 0.5) is 13.2 Å². The Hall–Kier alpha value is -2.50. The number of nitrogens with two attached hydrogens (primary N) is 1. The molecule has 3 nitrogen and oxygen atoms in total. The number of carbonyl (C=O) groups excluding carboxylic acids is 1. The van der Waals surface area contributed by atoms with Gasteiger partial charge in [-0.15, -0.1) is 0 Å². The predicted octanol–water partition coefficient (Wildman–Crippen LogP) is 8.01. The molecule has 0 spiro atoms. The van der Waals surface area contributed by atoms with Crippen molar-refractivity contribution >= 4 is 5.91 Å². The minimum Gasteiger partial charge on any atom is -0.485 e. The van der Waals surface area contributed by atoms with E-state index in [9.17, 15) is 18.0 Å². The Kier molecular flexibility index (Phi) is 8.98. The summed E-state index contributed by atoms with van der Waals surface area (Å²) in [4.78, 5) is 11.4. The maximum absolute atomic E-state index is 12.8. The molecular formula is C27H36F3NO2. The van der Waals surface area contributed by atoms with E-state index in [0.29, 0.717) is 11.5 Å². The molecule has 2 aromatic rings. The van der Waals surface area contributed by atoms with Crippen molar-refractivity contribution in [1.29, 1.82) is 0 Å². The van der Waals surface area contributed by atoms with E-state index in [-0.39, 0.29) is 24.7 Å². The molecule has 0 saturated heterocycles. The van der Waals surface area contributed by atoms with E-state index in [2.05, 4.69) is 53.7 Å². The molecule has 0 fully saturated rings. The molecule has 1 amide bonds. The number of hydrogen-bond acceptors (Lipinski definition) is 2. The van der Waals surface area contributed by atoms with Crippen LogP contribution in [-0.4, -0.2) is 12.1 Å². The molecule has 0 bridgehead atoms. The van der Waals surface area contributed by atoms with Crippen molar-refractivity contribution in [3.8, 4) is 5.75 Å². The van der Waals surface area contributed by atoms with Crippen LogP contribution in [0.3, 0.4) is 0 Å². The molecule has 6 heteroatoms. The number of halogens is 3. The van der Waals surface area contributed by atoms with Crippen LogP contribution in [0.15, 0.2) is 36.4 Å². The summed E-state index contributed by atoms with van der Waals surface area (Å²) in [5, 5.41) is 0. The summed E-state index contributed by atoms with van der Waals surface area (Å²) in [5.74, 6) is 0.913. The third-order valence-corrected chi connectivity index (χ3v) is 5.83. The topological polar surface area (TPSA) is 52.3 Å². The van der Waals surface area contributed by atoms with Crippen molar-refractivity contribution in [1.82, 2.24) is 0 Å². The second-order valence-corrected chi connectivity index (χ2v) is 9.59. The summed E-state index contributed by atoms with van der Waals surface area (Å²) in [7, 11) is 0. The molecule has 2 N–H and O–H groups in total. The average Bonchev–Trinajstić information content (AvgIpc) is 2.71. The number of hydrogen-bond donors (Lipinski definition) is 1. The number of carbonyl (C=O) groups is 1. The van der Waals surface area contributed by atoms with Gasteiger partial charge in [-0.05, 0) is 65.0 Å². The fraction of sp³-hybridized carbons (Fsp3) is 0.519. The van der Waals surface area contributed by atoms with Crippen molar-refractivity contribution in [3.05, 3.63) is 64.2 Å². The minimum atomic E-state index is -4.22. The van der Waals surface area contributed by atoms with Crippen molar-refractivity contribution < 1.29 is 22.7 Å². The van der Waals surface area contributed by atoms with E-state index in [1.807, 2.05) is 0 Å². The van der Waals surface area contributed by atoms with Crippen LogP contribution in [0.5, 0.6) is 5.75 Å². The summed E-state index contributed by atoms with van der Waals surface area (Å²) in [6.45, 7) is 12.7. The first-order valence-corrected chi connectivity index (χ1v) is 11.6. The Morgan fingerprint density at radius 1 is 0.879 bits per heavy atom. The third kappa shape index (κ3) is 7.51. The number of ether oxygens (including phenoxy) is 1. The van der Waals surface area contributed by atoms with Gasteiger partial charge in [0.15, 0.2) is 0 Å². The van der Waals surface area contributed by atoms with Gasteiger partial charge >= 0.3 is 6.18 Å². The first-order valence-electron chi connectivity index (χ1n) is 11.6. The molecule has 0 aliphatic heterocycles. The highest BCUT2D eigenvalue weighted by Gasteiger charge is 2.28. The summed E-state index contributed by atoms with van der Waals surface area (Å²) < 4.78 is 45.1. The second kappa shape index (κ2) is 11.1. The van der Waals surface area contributed by atoms with Crippen LogP contribution < -0.4 is 10.5 Å². The van der Waals surface area contributed by atoms with Crippen LogP contribution >= 0.6 is 0 Å². The minimum absolute atomic E-state index is 0.0517. The van der Waals surface area contributed by atoms with Crippen molar-refractivity contribution in [2.75, 3.05) is 0 Å². The first-order chi connectivity index (χ1) is 15.3. The number of benzene rings is 2. The highest BCUT2D eigenvalue weighted by atomic mass is 19.4. The largest absolute Gasteiger partial charge is 0.485 e. The van der Waals surface area contributed by atoms with E-state index >= 15 is 0 Å². The first kappa shape index (κ1) is 26.7. The van der Waals surface area contributed by atoms with Gasteiger partial charge in [-0.25, -0.2) is 0 Å². The Morgan fingerprint density at radius 3 is 1.79 bits per heavy atom. The lowest BCUT2D eigenvalue weighted by atomic mass is 9.88. The maximum Gasteiger partial charge on any atom is 0.389 e. The molecule has 0 heterocycles. The van der Waals surface area contributed by atoms with Gasteiger partial charge in [0, 0.05) is 12.0 Å². The van der Waals surface area contributed by atoms with Crippen LogP contribution in [0.2, 0.25) is 0 Å². The van der Waals surface area contributed by atoms with Gasteiger partial charge in [0.2, 0.25) is 5.91 Å². The quantitative estimate of drug-likeness (QED) is 0.388. The van der Waals surface area contributed by atoms with Gasteiger partial charge in [0.05, 0.1) is 0 Å². The van der Waals surface area contributed by atoms with Crippen molar-refractivity contribution in [2.45, 2.75) is 90.8 Å². The zero-order valence-corrected chi connectivity index (χ0v) is 20.4. The molecule has 0 aliphatic rings. The molecule has 0 aromatic heterocycles. The van der Waals surface area contributed by atoms with Crippen molar-refractivity contribution in [3.63, 3.8) is 0 Å². The van der Waals surface area contributed by atoms with Gasteiger partial charge in [0.1, 0.15) is 11.9 Å². The smallest absolute Gasteiger partial charge is 0.389 e.